The Hall–Kier alpha value is -2.91. The number of sulfonamides is 1. The quantitative estimate of drug-likeness (QED) is 0.681. The van der Waals surface area contributed by atoms with E-state index in [-0.39, 0.29) is 16.1 Å². The number of aryl methyl sites for hydroxylation is 1. The number of para-hydroxylation sites is 1. The Morgan fingerprint density at radius 2 is 1.75 bits per heavy atom. The van der Waals surface area contributed by atoms with Gasteiger partial charge in [0.1, 0.15) is 5.75 Å². The van der Waals surface area contributed by atoms with Crippen LogP contribution in [0.15, 0.2) is 47.4 Å². The van der Waals surface area contributed by atoms with E-state index in [2.05, 4.69) is 14.8 Å². The van der Waals surface area contributed by atoms with E-state index in [1.54, 1.807) is 25.1 Å². The van der Waals surface area contributed by atoms with Crippen molar-refractivity contribution in [2.45, 2.75) is 24.8 Å². The minimum absolute atomic E-state index is 0.0143. The number of nitrogens with one attached hydrogen (secondary N) is 2. The smallest absolute Gasteiger partial charge is 0.339 e. The zero-order valence-electron chi connectivity index (χ0n) is 16.0. The van der Waals surface area contributed by atoms with Crippen molar-refractivity contribution in [3.63, 3.8) is 0 Å². The molecule has 0 fully saturated rings. The molecule has 8 nitrogen and oxygen atoms in total. The molecule has 0 aliphatic carbocycles. The lowest BCUT2D eigenvalue weighted by molar-refractivity contribution is -0.117. The summed E-state index contributed by atoms with van der Waals surface area (Å²) in [5.41, 5.74) is 1.04. The molecular formula is C19H22N2O6S. The van der Waals surface area contributed by atoms with Gasteiger partial charge in [0, 0.05) is 0 Å². The van der Waals surface area contributed by atoms with E-state index in [0.29, 0.717) is 11.3 Å². The Balaban J connectivity index is 2.16. The van der Waals surface area contributed by atoms with Gasteiger partial charge in [0.15, 0.2) is 0 Å². The van der Waals surface area contributed by atoms with E-state index in [0.717, 1.165) is 0 Å². The molecule has 9 heteroatoms. The Labute approximate surface area is 163 Å². The Morgan fingerprint density at radius 1 is 1.07 bits per heavy atom. The number of ether oxygens (including phenoxy) is 2. The molecule has 0 aliphatic rings. The Morgan fingerprint density at radius 3 is 2.36 bits per heavy atom. The number of esters is 1. The van der Waals surface area contributed by atoms with Crippen LogP contribution >= 0.6 is 0 Å². The third-order valence-electron chi connectivity index (χ3n) is 3.99. The number of benzene rings is 2. The molecule has 2 N–H and O–H groups in total. The lowest BCUT2D eigenvalue weighted by Crippen LogP contribution is -2.41. The van der Waals surface area contributed by atoms with Crippen LogP contribution < -0.4 is 14.8 Å². The van der Waals surface area contributed by atoms with E-state index in [1.165, 1.54) is 45.4 Å². The second-order valence-corrected chi connectivity index (χ2v) is 7.71. The molecule has 0 aromatic heterocycles. The summed E-state index contributed by atoms with van der Waals surface area (Å²) in [5.74, 6) is -0.674. The molecule has 1 atom stereocenters. The average Bonchev–Trinajstić information content (AvgIpc) is 2.67. The number of anilines is 1. The first kappa shape index (κ1) is 21.4. The lowest BCUT2D eigenvalue weighted by atomic mass is 10.1. The highest BCUT2D eigenvalue weighted by atomic mass is 32.2. The highest BCUT2D eigenvalue weighted by Crippen LogP contribution is 2.21. The van der Waals surface area contributed by atoms with Crippen molar-refractivity contribution in [1.29, 1.82) is 0 Å². The van der Waals surface area contributed by atoms with Gasteiger partial charge in [-0.3, -0.25) is 4.79 Å². The van der Waals surface area contributed by atoms with Gasteiger partial charge < -0.3 is 14.8 Å². The fourth-order valence-corrected chi connectivity index (χ4v) is 3.78. The van der Waals surface area contributed by atoms with Crippen molar-refractivity contribution < 1.29 is 27.5 Å². The van der Waals surface area contributed by atoms with Gasteiger partial charge in [-0.15, -0.1) is 0 Å². The normalized spacial score (nSPS) is 12.1. The van der Waals surface area contributed by atoms with Gasteiger partial charge >= 0.3 is 5.97 Å². The number of carbonyl (C=O) groups is 2. The van der Waals surface area contributed by atoms with Gasteiger partial charge in [-0.2, -0.15) is 4.72 Å². The molecule has 28 heavy (non-hydrogen) atoms. The van der Waals surface area contributed by atoms with Gasteiger partial charge in [0.05, 0.1) is 36.4 Å². The Kier molecular flexibility index (Phi) is 6.76. The number of rotatable bonds is 7. The van der Waals surface area contributed by atoms with Crippen molar-refractivity contribution >= 4 is 27.6 Å². The number of carbonyl (C=O) groups excluding carboxylic acids is 2. The Bertz CT molecular complexity index is 988. The highest BCUT2D eigenvalue weighted by molar-refractivity contribution is 7.89. The third-order valence-corrected chi connectivity index (χ3v) is 5.53. The lowest BCUT2D eigenvalue weighted by Gasteiger charge is -2.16. The van der Waals surface area contributed by atoms with Gasteiger partial charge in [-0.25, -0.2) is 13.2 Å². The molecule has 2 rings (SSSR count). The topological polar surface area (TPSA) is 111 Å². The second-order valence-electron chi connectivity index (χ2n) is 6.00. The first-order valence-electron chi connectivity index (χ1n) is 8.34. The second kappa shape index (κ2) is 8.85. The molecule has 1 amide bonds. The molecule has 0 saturated heterocycles. The van der Waals surface area contributed by atoms with Crippen LogP contribution in [0, 0.1) is 6.92 Å². The van der Waals surface area contributed by atoms with Crippen LogP contribution in [0.3, 0.4) is 0 Å². The van der Waals surface area contributed by atoms with Crippen molar-refractivity contribution in [2.75, 3.05) is 19.5 Å². The maximum Gasteiger partial charge on any atom is 0.339 e. The largest absolute Gasteiger partial charge is 0.496 e. The SMILES string of the molecule is COC(=O)c1ccccc1NC(=O)[C@H](C)NS(=O)(=O)c1ccc(OC)c(C)c1. The van der Waals surface area contributed by atoms with Crippen LogP contribution in [0.4, 0.5) is 5.69 Å². The number of hydrogen-bond acceptors (Lipinski definition) is 6. The van der Waals surface area contributed by atoms with Crippen LogP contribution in [0.5, 0.6) is 5.75 Å². The van der Waals surface area contributed by atoms with Gasteiger partial charge in [0.25, 0.3) is 0 Å². The fourth-order valence-electron chi connectivity index (χ4n) is 2.49. The number of methoxy groups -OCH3 is 2. The standard InChI is InChI=1S/C19H22N2O6S/c1-12-11-14(9-10-17(12)26-3)28(24,25)21-13(2)18(22)20-16-8-6-5-7-15(16)19(23)27-4/h5-11,13,21H,1-4H3,(H,20,22)/t13-/m0/s1. The maximum absolute atomic E-state index is 12.6. The van der Waals surface area contributed by atoms with Crippen molar-refractivity contribution in [3.8, 4) is 5.75 Å². The van der Waals surface area contributed by atoms with Crippen molar-refractivity contribution in [1.82, 2.24) is 4.72 Å². The van der Waals surface area contributed by atoms with Gasteiger partial charge in [0.2, 0.25) is 15.9 Å². The van der Waals surface area contributed by atoms with E-state index < -0.39 is 27.9 Å². The fraction of sp³-hybridized carbons (Fsp3) is 0.263. The summed E-state index contributed by atoms with van der Waals surface area (Å²) in [6, 6.07) is 9.59. The predicted molar refractivity (Wildman–Crippen MR) is 104 cm³/mol. The van der Waals surface area contributed by atoms with E-state index in [9.17, 15) is 18.0 Å². The summed E-state index contributed by atoms with van der Waals surface area (Å²) in [4.78, 5) is 24.2. The van der Waals surface area contributed by atoms with Crippen LogP contribution in [0.2, 0.25) is 0 Å². The van der Waals surface area contributed by atoms with Crippen LogP contribution in [0.1, 0.15) is 22.8 Å². The molecule has 0 radical (unpaired) electrons. The summed E-state index contributed by atoms with van der Waals surface area (Å²) < 4.78 is 37.3. The predicted octanol–water partition coefficient (Wildman–Crippen LogP) is 2.10. The monoisotopic (exact) mass is 406 g/mol. The zero-order valence-corrected chi connectivity index (χ0v) is 16.8. The summed E-state index contributed by atoms with van der Waals surface area (Å²) >= 11 is 0. The zero-order chi connectivity index (χ0) is 20.9. The van der Waals surface area contributed by atoms with Gasteiger partial charge in [-0.05, 0) is 49.7 Å². The minimum atomic E-state index is -3.93. The van der Waals surface area contributed by atoms with Gasteiger partial charge in [-0.1, -0.05) is 12.1 Å². The molecule has 0 saturated carbocycles. The summed E-state index contributed by atoms with van der Waals surface area (Å²) in [6.07, 6.45) is 0. The van der Waals surface area contributed by atoms with Crippen LogP contribution in [-0.4, -0.2) is 40.6 Å². The van der Waals surface area contributed by atoms with Crippen LogP contribution in [-0.2, 0) is 19.6 Å². The highest BCUT2D eigenvalue weighted by Gasteiger charge is 2.24. The van der Waals surface area contributed by atoms with E-state index >= 15 is 0 Å². The van der Waals surface area contributed by atoms with E-state index in [4.69, 9.17) is 4.74 Å². The molecule has 0 heterocycles. The number of hydrogen-bond donors (Lipinski definition) is 2. The molecule has 150 valence electrons. The third kappa shape index (κ3) is 4.87. The van der Waals surface area contributed by atoms with Crippen LogP contribution in [0.25, 0.3) is 0 Å². The molecule has 2 aromatic carbocycles. The molecule has 0 unspecified atom stereocenters. The first-order chi connectivity index (χ1) is 13.2. The minimum Gasteiger partial charge on any atom is -0.496 e. The molecule has 2 aromatic rings. The maximum atomic E-state index is 12.6. The number of amides is 1. The molecular weight excluding hydrogens is 384 g/mol. The summed E-state index contributed by atoms with van der Waals surface area (Å²) in [5, 5.41) is 2.54. The van der Waals surface area contributed by atoms with Crippen molar-refractivity contribution in [2.24, 2.45) is 0 Å². The summed E-state index contributed by atoms with van der Waals surface area (Å²) in [7, 11) is -1.21. The molecule has 0 bridgehead atoms. The average molecular weight is 406 g/mol. The van der Waals surface area contributed by atoms with Crippen molar-refractivity contribution in [3.05, 3.63) is 53.6 Å². The molecule has 0 aliphatic heterocycles. The summed E-state index contributed by atoms with van der Waals surface area (Å²) in [6.45, 7) is 3.13. The first-order valence-corrected chi connectivity index (χ1v) is 9.83. The molecule has 0 spiro atoms. The van der Waals surface area contributed by atoms with E-state index in [1.807, 2.05) is 0 Å².